The number of carbonyl (C=O) groups is 2. The Labute approximate surface area is 194 Å². The molecule has 2 aromatic carbocycles. The van der Waals surface area contributed by atoms with Gasteiger partial charge in [-0.05, 0) is 68.7 Å². The van der Waals surface area contributed by atoms with Gasteiger partial charge in [-0.2, -0.15) is 0 Å². The fraction of sp³-hybridized carbons (Fsp3) is 0.385. The Morgan fingerprint density at radius 2 is 1.85 bits per heavy atom. The summed E-state index contributed by atoms with van der Waals surface area (Å²) in [6.45, 7) is 6.52. The normalized spacial score (nSPS) is 17.6. The van der Waals surface area contributed by atoms with Gasteiger partial charge >= 0.3 is 0 Å². The lowest BCUT2D eigenvalue weighted by molar-refractivity contribution is -0.140. The number of ether oxygens (including phenoxy) is 3. The minimum atomic E-state index is -0.735. The summed E-state index contributed by atoms with van der Waals surface area (Å²) in [5.74, 6) is -0.298. The Balaban J connectivity index is 2.07. The van der Waals surface area contributed by atoms with Crippen LogP contribution in [0.25, 0.3) is 5.76 Å². The summed E-state index contributed by atoms with van der Waals surface area (Å²) in [5, 5.41) is 11.2. The van der Waals surface area contributed by atoms with Crippen molar-refractivity contribution in [2.24, 2.45) is 0 Å². The predicted octanol–water partition coefficient (Wildman–Crippen LogP) is 4.25. The Bertz CT molecular complexity index is 1060. The summed E-state index contributed by atoms with van der Waals surface area (Å²) in [7, 11) is 3.12. The number of methoxy groups -OCH3 is 2. The van der Waals surface area contributed by atoms with E-state index in [2.05, 4.69) is 0 Å². The van der Waals surface area contributed by atoms with Gasteiger partial charge in [0.15, 0.2) is 0 Å². The van der Waals surface area contributed by atoms with Crippen molar-refractivity contribution in [3.05, 3.63) is 64.7 Å². The van der Waals surface area contributed by atoms with Gasteiger partial charge in [0, 0.05) is 18.7 Å². The number of rotatable bonds is 9. The van der Waals surface area contributed by atoms with E-state index in [9.17, 15) is 14.7 Å². The van der Waals surface area contributed by atoms with E-state index in [0.717, 1.165) is 5.56 Å². The van der Waals surface area contributed by atoms with Crippen LogP contribution < -0.4 is 9.47 Å². The maximum atomic E-state index is 13.1. The molecule has 1 fully saturated rings. The summed E-state index contributed by atoms with van der Waals surface area (Å²) in [4.78, 5) is 27.6. The highest BCUT2D eigenvalue weighted by Crippen LogP contribution is 2.40. The van der Waals surface area contributed by atoms with Crippen molar-refractivity contribution in [1.82, 2.24) is 4.90 Å². The average molecular weight is 454 g/mol. The first-order valence-corrected chi connectivity index (χ1v) is 11.0. The number of likely N-dealkylation sites (tertiary alicyclic amines) is 1. The molecule has 3 rings (SSSR count). The summed E-state index contributed by atoms with van der Waals surface area (Å²) >= 11 is 0. The van der Waals surface area contributed by atoms with Crippen LogP contribution in [0.15, 0.2) is 48.0 Å². The molecule has 2 aromatic rings. The summed E-state index contributed by atoms with van der Waals surface area (Å²) < 4.78 is 16.2. The third-order valence-electron chi connectivity index (χ3n) is 5.61. The zero-order valence-corrected chi connectivity index (χ0v) is 19.8. The van der Waals surface area contributed by atoms with Gasteiger partial charge in [0.05, 0.1) is 31.9 Å². The number of ketones is 1. The number of aliphatic hydroxyl groups is 1. The fourth-order valence-corrected chi connectivity index (χ4v) is 4.00. The van der Waals surface area contributed by atoms with Gasteiger partial charge in [0.25, 0.3) is 11.7 Å². The average Bonchev–Trinajstić information content (AvgIpc) is 3.06. The molecule has 1 aliphatic rings. The van der Waals surface area contributed by atoms with E-state index in [1.807, 2.05) is 26.8 Å². The van der Waals surface area contributed by atoms with Crippen LogP contribution in [0.3, 0.4) is 0 Å². The van der Waals surface area contributed by atoms with Crippen molar-refractivity contribution in [1.29, 1.82) is 0 Å². The Morgan fingerprint density at radius 1 is 1.09 bits per heavy atom. The molecule has 0 radical (unpaired) electrons. The third-order valence-corrected chi connectivity index (χ3v) is 5.61. The molecule has 1 atom stereocenters. The van der Waals surface area contributed by atoms with E-state index in [1.165, 1.54) is 4.90 Å². The number of amides is 1. The van der Waals surface area contributed by atoms with E-state index in [-0.39, 0.29) is 17.4 Å². The minimum Gasteiger partial charge on any atom is -0.507 e. The first kappa shape index (κ1) is 24.3. The standard InChI is InChI=1S/C26H31NO6/c1-16(2)33-13-7-12-27-23(18-8-6-9-20(15-18)31-4)22(25(29)26(27)30)24(28)19-10-11-21(32-5)17(3)14-19/h6,8-11,14-16,23,28H,7,12-13H2,1-5H3/b24-22-. The Kier molecular flexibility index (Phi) is 7.76. The van der Waals surface area contributed by atoms with Crippen LogP contribution in [0.4, 0.5) is 0 Å². The second-order valence-electron chi connectivity index (χ2n) is 8.23. The van der Waals surface area contributed by atoms with Crippen molar-refractivity contribution in [2.75, 3.05) is 27.4 Å². The zero-order valence-electron chi connectivity index (χ0n) is 19.8. The number of aryl methyl sites for hydroxylation is 1. The molecular formula is C26H31NO6. The van der Waals surface area contributed by atoms with Gasteiger partial charge in [-0.1, -0.05) is 12.1 Å². The van der Waals surface area contributed by atoms with E-state index < -0.39 is 17.7 Å². The van der Waals surface area contributed by atoms with Crippen molar-refractivity contribution in [2.45, 2.75) is 39.3 Å². The molecule has 0 spiro atoms. The van der Waals surface area contributed by atoms with Crippen LogP contribution in [0.2, 0.25) is 0 Å². The molecule has 33 heavy (non-hydrogen) atoms. The van der Waals surface area contributed by atoms with Gasteiger partial charge in [0.2, 0.25) is 0 Å². The highest BCUT2D eigenvalue weighted by atomic mass is 16.5. The van der Waals surface area contributed by atoms with Crippen LogP contribution in [0.1, 0.15) is 43.0 Å². The molecule has 1 amide bonds. The molecule has 1 heterocycles. The summed E-state index contributed by atoms with van der Waals surface area (Å²) in [6, 6.07) is 11.6. The first-order valence-electron chi connectivity index (χ1n) is 11.0. The topological polar surface area (TPSA) is 85.3 Å². The molecule has 1 aliphatic heterocycles. The lowest BCUT2D eigenvalue weighted by Crippen LogP contribution is -2.31. The molecule has 0 bridgehead atoms. The second-order valence-corrected chi connectivity index (χ2v) is 8.23. The van der Waals surface area contributed by atoms with Crippen molar-refractivity contribution < 1.29 is 28.9 Å². The smallest absolute Gasteiger partial charge is 0.295 e. The van der Waals surface area contributed by atoms with Crippen molar-refractivity contribution >= 4 is 17.4 Å². The number of nitrogens with zero attached hydrogens (tertiary/aromatic N) is 1. The van der Waals surface area contributed by atoms with Crippen LogP contribution in [-0.2, 0) is 14.3 Å². The highest BCUT2D eigenvalue weighted by molar-refractivity contribution is 6.46. The minimum absolute atomic E-state index is 0.0580. The number of hydrogen-bond donors (Lipinski definition) is 1. The molecule has 0 saturated carbocycles. The number of carbonyl (C=O) groups excluding carboxylic acids is 2. The maximum absolute atomic E-state index is 13.1. The maximum Gasteiger partial charge on any atom is 0.295 e. The lowest BCUT2D eigenvalue weighted by atomic mass is 9.94. The van der Waals surface area contributed by atoms with E-state index in [4.69, 9.17) is 14.2 Å². The van der Waals surface area contributed by atoms with Gasteiger partial charge in [-0.15, -0.1) is 0 Å². The lowest BCUT2D eigenvalue weighted by Gasteiger charge is -2.26. The summed E-state index contributed by atoms with van der Waals surface area (Å²) in [6.07, 6.45) is 0.640. The van der Waals surface area contributed by atoms with Gasteiger partial charge in [-0.3, -0.25) is 9.59 Å². The quantitative estimate of drug-likeness (QED) is 0.264. The third kappa shape index (κ3) is 5.20. The van der Waals surface area contributed by atoms with Crippen LogP contribution in [-0.4, -0.2) is 55.2 Å². The molecule has 1 N–H and O–H groups in total. The van der Waals surface area contributed by atoms with Gasteiger partial charge in [0.1, 0.15) is 17.3 Å². The highest BCUT2D eigenvalue weighted by Gasteiger charge is 2.45. The van der Waals surface area contributed by atoms with Gasteiger partial charge < -0.3 is 24.2 Å². The number of hydrogen-bond acceptors (Lipinski definition) is 6. The van der Waals surface area contributed by atoms with Gasteiger partial charge in [-0.25, -0.2) is 0 Å². The molecule has 0 aliphatic carbocycles. The second kappa shape index (κ2) is 10.5. The van der Waals surface area contributed by atoms with Crippen molar-refractivity contribution in [3.63, 3.8) is 0 Å². The molecule has 1 saturated heterocycles. The van der Waals surface area contributed by atoms with Crippen LogP contribution >= 0.6 is 0 Å². The SMILES string of the molecule is COc1cccc(C2/C(=C(/O)c3ccc(OC)c(C)c3)C(=O)C(=O)N2CCCOC(C)C)c1. The largest absolute Gasteiger partial charge is 0.507 e. The van der Waals surface area contributed by atoms with E-state index in [1.54, 1.807) is 50.6 Å². The first-order chi connectivity index (χ1) is 15.8. The summed E-state index contributed by atoms with van der Waals surface area (Å²) in [5.41, 5.74) is 1.99. The Morgan fingerprint density at radius 3 is 2.48 bits per heavy atom. The number of aliphatic hydroxyl groups excluding tert-OH is 1. The molecular weight excluding hydrogens is 422 g/mol. The zero-order chi connectivity index (χ0) is 24.1. The van der Waals surface area contributed by atoms with Crippen molar-refractivity contribution in [3.8, 4) is 11.5 Å². The molecule has 0 aromatic heterocycles. The van der Waals surface area contributed by atoms with E-state index >= 15 is 0 Å². The van der Waals surface area contributed by atoms with Crippen LogP contribution in [0.5, 0.6) is 11.5 Å². The monoisotopic (exact) mass is 453 g/mol. The molecule has 7 nitrogen and oxygen atoms in total. The predicted molar refractivity (Wildman–Crippen MR) is 125 cm³/mol. The molecule has 7 heteroatoms. The number of benzene rings is 2. The fourth-order valence-electron chi connectivity index (χ4n) is 4.00. The van der Waals surface area contributed by atoms with E-state index in [0.29, 0.717) is 42.2 Å². The molecule has 176 valence electrons. The molecule has 1 unspecified atom stereocenters. The number of Topliss-reactive ketones (excluding diaryl/α,β-unsaturated/α-hetero) is 1. The van der Waals surface area contributed by atoms with Crippen LogP contribution in [0, 0.1) is 6.92 Å². The Hall–Kier alpha value is -3.32.